The van der Waals surface area contributed by atoms with Crippen LogP contribution in [0.25, 0.3) is 10.9 Å². The molecule has 1 heterocycles. The van der Waals surface area contributed by atoms with E-state index in [1.54, 1.807) is 48.5 Å². The number of fused-ring (bicyclic) bond motifs is 1. The third-order valence-electron chi connectivity index (χ3n) is 4.42. The Kier molecular flexibility index (Phi) is 6.01. The van der Waals surface area contributed by atoms with Gasteiger partial charge in [-0.05, 0) is 63.5 Å². The Labute approximate surface area is 188 Å². The second-order valence-corrected chi connectivity index (χ2v) is 7.83. The number of rotatable bonds is 5. The van der Waals surface area contributed by atoms with E-state index in [4.69, 9.17) is 16.3 Å². The summed E-state index contributed by atoms with van der Waals surface area (Å²) in [5, 5.41) is 4.67. The first-order valence-corrected chi connectivity index (χ1v) is 10.2. The van der Waals surface area contributed by atoms with Crippen LogP contribution in [0.15, 0.2) is 79.8 Å². The molecule has 0 aliphatic rings. The molecule has 0 amide bonds. The van der Waals surface area contributed by atoms with Crippen LogP contribution in [0.5, 0.6) is 5.75 Å². The lowest BCUT2D eigenvalue weighted by atomic mass is 10.2. The number of halogens is 3. The molecule has 0 aliphatic carbocycles. The predicted molar refractivity (Wildman–Crippen MR) is 122 cm³/mol. The van der Waals surface area contributed by atoms with Crippen LogP contribution in [-0.4, -0.2) is 15.9 Å². The Hall–Kier alpha value is -3.23. The van der Waals surface area contributed by atoms with E-state index in [9.17, 15) is 14.0 Å². The number of aromatic nitrogens is 2. The van der Waals surface area contributed by atoms with Gasteiger partial charge in [-0.3, -0.25) is 4.79 Å². The molecule has 0 spiro atoms. The number of ether oxygens (including phenoxy) is 1. The van der Waals surface area contributed by atoms with Crippen molar-refractivity contribution in [2.24, 2.45) is 5.10 Å². The zero-order valence-electron chi connectivity index (χ0n) is 15.8. The molecule has 1 aromatic heterocycles. The van der Waals surface area contributed by atoms with Crippen molar-refractivity contribution in [3.63, 3.8) is 0 Å². The number of benzene rings is 3. The minimum absolute atomic E-state index is 0.202. The molecule has 0 unspecified atom stereocenters. The van der Waals surface area contributed by atoms with Gasteiger partial charge >= 0.3 is 5.69 Å². The summed E-state index contributed by atoms with van der Waals surface area (Å²) in [7, 11) is 0. The molecule has 3 aromatic carbocycles. The average Bonchev–Trinajstić information content (AvgIpc) is 2.74. The van der Waals surface area contributed by atoms with Crippen LogP contribution >= 0.6 is 27.5 Å². The van der Waals surface area contributed by atoms with Crippen molar-refractivity contribution in [1.82, 2.24) is 9.66 Å². The van der Waals surface area contributed by atoms with Gasteiger partial charge in [-0.15, -0.1) is 4.68 Å². The molecule has 0 atom stereocenters. The first kappa shape index (κ1) is 21.0. The number of aromatic amines is 1. The molecule has 0 fully saturated rings. The van der Waals surface area contributed by atoms with Gasteiger partial charge in [0.1, 0.15) is 12.4 Å². The molecule has 1 N–H and O–H groups in total. The van der Waals surface area contributed by atoms with Gasteiger partial charge < -0.3 is 9.72 Å². The fraction of sp³-hybridized carbons (Fsp3) is 0.0455. The molecular formula is C22H14BrClFN3O3. The van der Waals surface area contributed by atoms with E-state index in [1.807, 2.05) is 0 Å². The average molecular weight is 503 g/mol. The number of hydrogen-bond donors (Lipinski definition) is 1. The zero-order chi connectivity index (χ0) is 22.0. The molecule has 4 aromatic rings. The lowest BCUT2D eigenvalue weighted by Gasteiger charge is -2.11. The van der Waals surface area contributed by atoms with Crippen LogP contribution < -0.4 is 16.0 Å². The maximum Gasteiger partial charge on any atom is 0.349 e. The number of para-hydroxylation sites is 1. The van der Waals surface area contributed by atoms with E-state index >= 15 is 0 Å². The van der Waals surface area contributed by atoms with Crippen LogP contribution in [0, 0.1) is 5.82 Å². The second-order valence-electron chi connectivity index (χ2n) is 6.57. The van der Waals surface area contributed by atoms with Gasteiger partial charge in [0.25, 0.3) is 5.56 Å². The molecule has 0 saturated heterocycles. The van der Waals surface area contributed by atoms with Crippen molar-refractivity contribution in [2.75, 3.05) is 0 Å². The van der Waals surface area contributed by atoms with Gasteiger partial charge in [-0.2, -0.15) is 5.10 Å². The lowest BCUT2D eigenvalue weighted by Crippen LogP contribution is -2.32. The highest BCUT2D eigenvalue weighted by atomic mass is 79.9. The van der Waals surface area contributed by atoms with Gasteiger partial charge in [-0.1, -0.05) is 35.9 Å². The summed E-state index contributed by atoms with van der Waals surface area (Å²) < 4.78 is 20.1. The summed E-state index contributed by atoms with van der Waals surface area (Å²) in [4.78, 5) is 27.4. The van der Waals surface area contributed by atoms with Crippen LogP contribution in [-0.2, 0) is 6.61 Å². The minimum atomic E-state index is -0.649. The van der Waals surface area contributed by atoms with Crippen LogP contribution in [0.2, 0.25) is 5.02 Å². The normalized spacial score (nSPS) is 11.3. The van der Waals surface area contributed by atoms with E-state index in [0.717, 1.165) is 10.2 Å². The Morgan fingerprint density at radius 2 is 1.87 bits per heavy atom. The van der Waals surface area contributed by atoms with Crippen molar-refractivity contribution in [3.8, 4) is 5.75 Å². The maximum atomic E-state index is 13.0. The van der Waals surface area contributed by atoms with E-state index < -0.39 is 11.2 Å². The SMILES string of the molecule is O=c1[nH]c2ccccc2c(=O)n1N=Cc1cc(Cl)c(OCc2ccc(F)cc2)c(Br)c1. The summed E-state index contributed by atoms with van der Waals surface area (Å²) in [5.41, 5.74) is 0.595. The summed E-state index contributed by atoms with van der Waals surface area (Å²) in [6.07, 6.45) is 1.35. The van der Waals surface area contributed by atoms with Crippen LogP contribution in [0.1, 0.15) is 11.1 Å². The monoisotopic (exact) mass is 501 g/mol. The van der Waals surface area contributed by atoms with Gasteiger partial charge in [-0.25, -0.2) is 9.18 Å². The highest BCUT2D eigenvalue weighted by Crippen LogP contribution is 2.34. The van der Waals surface area contributed by atoms with E-state index in [1.165, 1.54) is 18.3 Å². The van der Waals surface area contributed by atoms with Gasteiger partial charge in [0, 0.05) is 0 Å². The molecule has 6 nitrogen and oxygen atoms in total. The van der Waals surface area contributed by atoms with Gasteiger partial charge in [0.05, 0.1) is 26.6 Å². The summed E-state index contributed by atoms with van der Waals surface area (Å²) >= 11 is 9.74. The standard InChI is InChI=1S/C22H14BrClFN3O3/c23-17-9-14(10-18(24)20(17)31-12-13-5-7-15(25)8-6-13)11-26-28-21(29)16-3-1-2-4-19(16)27-22(28)30/h1-11H,12H2,(H,27,30). The zero-order valence-corrected chi connectivity index (χ0v) is 18.2. The molecule has 0 radical (unpaired) electrons. The van der Waals surface area contributed by atoms with Crippen molar-refractivity contribution < 1.29 is 9.13 Å². The number of hydrogen-bond acceptors (Lipinski definition) is 4. The van der Waals surface area contributed by atoms with Crippen molar-refractivity contribution in [2.45, 2.75) is 6.61 Å². The maximum absolute atomic E-state index is 13.0. The van der Waals surface area contributed by atoms with Crippen molar-refractivity contribution >= 4 is 44.6 Å². The van der Waals surface area contributed by atoms with Crippen molar-refractivity contribution in [3.05, 3.63) is 108 Å². The molecule has 4 rings (SSSR count). The van der Waals surface area contributed by atoms with Crippen LogP contribution in [0.4, 0.5) is 4.39 Å². The smallest absolute Gasteiger partial charge is 0.349 e. The van der Waals surface area contributed by atoms with E-state index in [-0.39, 0.29) is 12.4 Å². The van der Waals surface area contributed by atoms with E-state index in [2.05, 4.69) is 26.0 Å². The van der Waals surface area contributed by atoms with Crippen molar-refractivity contribution in [1.29, 1.82) is 0 Å². The third-order valence-corrected chi connectivity index (χ3v) is 5.29. The molecule has 31 heavy (non-hydrogen) atoms. The first-order valence-electron chi connectivity index (χ1n) is 9.07. The quantitative estimate of drug-likeness (QED) is 0.402. The summed E-state index contributed by atoms with van der Waals surface area (Å²) in [6, 6.07) is 15.9. The number of nitrogens with one attached hydrogen (secondary N) is 1. The third kappa shape index (κ3) is 4.60. The van der Waals surface area contributed by atoms with E-state index in [0.29, 0.717) is 31.7 Å². The fourth-order valence-electron chi connectivity index (χ4n) is 2.91. The molecule has 0 saturated carbocycles. The summed E-state index contributed by atoms with van der Waals surface area (Å²) in [6.45, 7) is 0.202. The highest BCUT2D eigenvalue weighted by molar-refractivity contribution is 9.10. The lowest BCUT2D eigenvalue weighted by molar-refractivity contribution is 0.304. The highest BCUT2D eigenvalue weighted by Gasteiger charge is 2.10. The second kappa shape index (κ2) is 8.87. The fourth-order valence-corrected chi connectivity index (χ4v) is 3.90. The Morgan fingerprint density at radius 1 is 1.13 bits per heavy atom. The predicted octanol–water partition coefficient (Wildman–Crippen LogP) is 4.71. The minimum Gasteiger partial charge on any atom is -0.486 e. The Morgan fingerprint density at radius 3 is 2.61 bits per heavy atom. The molecular weight excluding hydrogens is 489 g/mol. The number of H-pyrrole nitrogens is 1. The Bertz CT molecular complexity index is 1390. The largest absolute Gasteiger partial charge is 0.486 e. The molecule has 9 heteroatoms. The van der Waals surface area contributed by atoms with Gasteiger partial charge in [0.2, 0.25) is 0 Å². The topological polar surface area (TPSA) is 76.5 Å². The molecule has 0 bridgehead atoms. The number of nitrogens with zero attached hydrogens (tertiary/aromatic N) is 2. The van der Waals surface area contributed by atoms with Crippen LogP contribution in [0.3, 0.4) is 0 Å². The van der Waals surface area contributed by atoms with Gasteiger partial charge in [0.15, 0.2) is 5.75 Å². The molecule has 0 aliphatic heterocycles. The molecule has 156 valence electrons. The first-order chi connectivity index (χ1) is 14.9. The summed E-state index contributed by atoms with van der Waals surface area (Å²) in [5.74, 6) is 0.0832. The Balaban J connectivity index is 1.59.